The Morgan fingerprint density at radius 3 is 2.37 bits per heavy atom. The molecular weight excluding hydrogens is 451 g/mol. The first-order valence-corrected chi connectivity index (χ1v) is 12.8. The zero-order valence-corrected chi connectivity index (χ0v) is 20.2. The number of nitrogens with one attached hydrogen (secondary N) is 1. The van der Waals surface area contributed by atoms with Crippen LogP contribution in [0.5, 0.6) is 0 Å². The highest BCUT2D eigenvalue weighted by atomic mass is 19.1. The molecule has 3 heterocycles. The molecule has 3 fully saturated rings. The van der Waals surface area contributed by atoms with Crippen molar-refractivity contribution >= 4 is 29.3 Å². The monoisotopic (exact) mass is 484 g/mol. The summed E-state index contributed by atoms with van der Waals surface area (Å²) in [5, 5.41) is 2.21. The molecule has 1 aliphatic carbocycles. The second-order valence-corrected chi connectivity index (χ2v) is 10.5. The van der Waals surface area contributed by atoms with E-state index in [-0.39, 0.29) is 24.0 Å². The molecule has 1 aromatic carbocycles. The van der Waals surface area contributed by atoms with Crippen LogP contribution in [0.15, 0.2) is 18.2 Å². The third kappa shape index (κ3) is 4.58. The lowest BCUT2D eigenvalue weighted by Gasteiger charge is -2.41. The van der Waals surface area contributed by atoms with Gasteiger partial charge >= 0.3 is 0 Å². The van der Waals surface area contributed by atoms with Crippen molar-refractivity contribution in [3.63, 3.8) is 0 Å². The van der Waals surface area contributed by atoms with Gasteiger partial charge in [-0.15, -0.1) is 0 Å². The fraction of sp³-hybridized carbons (Fsp3) is 0.615. The second kappa shape index (κ2) is 9.33. The van der Waals surface area contributed by atoms with E-state index in [9.17, 15) is 19.2 Å². The van der Waals surface area contributed by atoms with Gasteiger partial charge in [-0.3, -0.25) is 29.4 Å². The number of alkyl halides is 1. The number of carbonyl (C=O) groups excluding carboxylic acids is 4. The number of nitrogens with zero attached hydrogens (tertiary/aromatic N) is 3. The number of rotatable bonds is 5. The molecule has 188 valence electrons. The van der Waals surface area contributed by atoms with Gasteiger partial charge in [0.1, 0.15) is 11.7 Å². The summed E-state index contributed by atoms with van der Waals surface area (Å²) < 4.78 is 15.7. The van der Waals surface area contributed by atoms with E-state index >= 15 is 4.39 Å². The van der Waals surface area contributed by atoms with Crippen molar-refractivity contribution in [2.45, 2.75) is 75.5 Å². The maximum absolute atomic E-state index is 15.7. The molecule has 35 heavy (non-hydrogen) atoms. The van der Waals surface area contributed by atoms with Crippen LogP contribution in [0.4, 0.5) is 10.1 Å². The van der Waals surface area contributed by atoms with E-state index in [1.165, 1.54) is 19.3 Å². The molecule has 8 nitrogen and oxygen atoms in total. The van der Waals surface area contributed by atoms with Crippen molar-refractivity contribution in [1.29, 1.82) is 0 Å². The number of hydrogen-bond acceptors (Lipinski definition) is 6. The Balaban J connectivity index is 1.24. The number of amides is 4. The van der Waals surface area contributed by atoms with Gasteiger partial charge in [-0.05, 0) is 44.5 Å². The minimum atomic E-state index is -1.23. The number of anilines is 1. The molecule has 1 unspecified atom stereocenters. The van der Waals surface area contributed by atoms with Gasteiger partial charge in [-0.1, -0.05) is 19.3 Å². The zero-order valence-electron chi connectivity index (χ0n) is 20.2. The second-order valence-electron chi connectivity index (χ2n) is 10.5. The first-order valence-electron chi connectivity index (χ1n) is 12.8. The molecule has 0 aromatic heterocycles. The van der Waals surface area contributed by atoms with E-state index in [2.05, 4.69) is 15.1 Å². The molecule has 0 spiro atoms. The highest BCUT2D eigenvalue weighted by molar-refractivity contribution is 6.23. The van der Waals surface area contributed by atoms with Crippen LogP contribution < -0.4 is 10.2 Å². The molecule has 3 aliphatic heterocycles. The lowest BCUT2D eigenvalue weighted by atomic mass is 9.89. The van der Waals surface area contributed by atoms with Gasteiger partial charge < -0.3 is 9.80 Å². The standard InChI is InChI=1S/C26H33FN4O4/c1-29(17-5-3-2-4-6-17)16-26(27)11-13-30(14-12-26)18-7-8-19-20(15-18)25(35)31(24(19)34)21-9-10-22(32)28-23(21)33/h7-8,15,17,21H,2-6,9-14,16H2,1H3,(H,28,32,33). The van der Waals surface area contributed by atoms with Crippen molar-refractivity contribution < 1.29 is 23.6 Å². The zero-order chi connectivity index (χ0) is 24.7. The van der Waals surface area contributed by atoms with Crippen molar-refractivity contribution in [2.75, 3.05) is 31.6 Å². The number of benzene rings is 1. The Kier molecular flexibility index (Phi) is 6.38. The summed E-state index contributed by atoms with van der Waals surface area (Å²) in [7, 11) is 2.04. The lowest BCUT2D eigenvalue weighted by Crippen LogP contribution is -2.54. The molecule has 1 atom stereocenters. The van der Waals surface area contributed by atoms with Crippen molar-refractivity contribution in [3.8, 4) is 0 Å². The fourth-order valence-corrected chi connectivity index (χ4v) is 6.08. The average Bonchev–Trinajstić information content (AvgIpc) is 3.09. The maximum Gasteiger partial charge on any atom is 0.262 e. The van der Waals surface area contributed by atoms with Gasteiger partial charge in [-0.25, -0.2) is 4.39 Å². The van der Waals surface area contributed by atoms with Gasteiger partial charge in [0, 0.05) is 50.6 Å². The van der Waals surface area contributed by atoms with Crippen LogP contribution in [0.1, 0.15) is 78.5 Å². The summed E-state index contributed by atoms with van der Waals surface area (Å²) in [5.74, 6) is -2.06. The Bertz CT molecular complexity index is 1050. The third-order valence-electron chi connectivity index (χ3n) is 8.18. The van der Waals surface area contributed by atoms with Crippen molar-refractivity contribution in [1.82, 2.24) is 15.1 Å². The molecular formula is C26H33FN4O4. The summed E-state index contributed by atoms with van der Waals surface area (Å²) in [4.78, 5) is 55.0. The molecule has 1 saturated carbocycles. The van der Waals surface area contributed by atoms with Crippen molar-refractivity contribution in [2.24, 2.45) is 0 Å². The lowest BCUT2D eigenvalue weighted by molar-refractivity contribution is -0.136. The summed E-state index contributed by atoms with van der Waals surface area (Å²) in [5.41, 5.74) is 0.0618. The van der Waals surface area contributed by atoms with Crippen LogP contribution in [0.2, 0.25) is 0 Å². The van der Waals surface area contributed by atoms with Gasteiger partial charge in [-0.2, -0.15) is 0 Å². The molecule has 0 bridgehead atoms. The number of imide groups is 2. The molecule has 4 amide bonds. The SMILES string of the molecule is CN(CC1(F)CCN(c2ccc3c(c2)C(=O)N(C2CCC(=O)NC2=O)C3=O)CC1)C1CCCCC1. The smallest absolute Gasteiger partial charge is 0.262 e. The maximum atomic E-state index is 15.7. The van der Waals surface area contributed by atoms with Crippen LogP contribution >= 0.6 is 0 Å². The van der Waals surface area contributed by atoms with Gasteiger partial charge in [0.15, 0.2) is 0 Å². The molecule has 9 heteroatoms. The predicted octanol–water partition coefficient (Wildman–Crippen LogP) is 2.66. The van der Waals surface area contributed by atoms with Crippen molar-refractivity contribution in [3.05, 3.63) is 29.3 Å². The minimum absolute atomic E-state index is 0.0871. The third-order valence-corrected chi connectivity index (χ3v) is 8.18. The molecule has 1 N–H and O–H groups in total. The van der Waals surface area contributed by atoms with E-state index in [1.54, 1.807) is 18.2 Å². The number of piperidine rings is 2. The number of carbonyl (C=O) groups is 4. The highest BCUT2D eigenvalue weighted by Crippen LogP contribution is 2.35. The average molecular weight is 485 g/mol. The first kappa shape index (κ1) is 23.9. The van der Waals surface area contributed by atoms with Gasteiger partial charge in [0.05, 0.1) is 11.1 Å². The molecule has 5 rings (SSSR count). The minimum Gasteiger partial charge on any atom is -0.371 e. The van der Waals surface area contributed by atoms with E-state index in [0.717, 1.165) is 23.4 Å². The van der Waals surface area contributed by atoms with Gasteiger partial charge in [0.2, 0.25) is 11.8 Å². The molecule has 4 aliphatic rings. The quantitative estimate of drug-likeness (QED) is 0.647. The molecule has 1 aromatic rings. The number of fused-ring (bicyclic) bond motifs is 1. The van der Waals surface area contributed by atoms with E-state index in [0.29, 0.717) is 38.5 Å². The van der Waals surface area contributed by atoms with Crippen LogP contribution in [0.25, 0.3) is 0 Å². The van der Waals surface area contributed by atoms with Crippen LogP contribution in [0, 0.1) is 0 Å². The number of hydrogen-bond donors (Lipinski definition) is 1. The first-order chi connectivity index (χ1) is 16.8. The normalized spacial score (nSPS) is 25.3. The van der Waals surface area contributed by atoms with E-state index in [1.807, 2.05) is 7.05 Å². The van der Waals surface area contributed by atoms with Gasteiger partial charge in [0.25, 0.3) is 11.8 Å². The Labute approximate surface area is 204 Å². The summed E-state index contributed by atoms with van der Waals surface area (Å²) in [6.45, 7) is 1.52. The van der Waals surface area contributed by atoms with E-state index in [4.69, 9.17) is 0 Å². The fourth-order valence-electron chi connectivity index (χ4n) is 6.08. The Morgan fingerprint density at radius 2 is 1.69 bits per heavy atom. The van der Waals surface area contributed by atoms with Crippen LogP contribution in [0.3, 0.4) is 0 Å². The van der Waals surface area contributed by atoms with E-state index < -0.39 is 35.3 Å². The highest BCUT2D eigenvalue weighted by Gasteiger charge is 2.45. The molecule has 0 radical (unpaired) electrons. The largest absolute Gasteiger partial charge is 0.371 e. The van der Waals surface area contributed by atoms with Crippen LogP contribution in [-0.2, 0) is 9.59 Å². The summed E-state index contributed by atoms with van der Waals surface area (Å²) >= 11 is 0. The Morgan fingerprint density at radius 1 is 1.00 bits per heavy atom. The topological polar surface area (TPSA) is 90.0 Å². The summed E-state index contributed by atoms with van der Waals surface area (Å²) in [6.07, 6.45) is 7.07. The Hall–Kier alpha value is -2.81. The molecule has 2 saturated heterocycles. The summed E-state index contributed by atoms with van der Waals surface area (Å²) in [6, 6.07) is 4.58. The predicted molar refractivity (Wildman–Crippen MR) is 128 cm³/mol. The van der Waals surface area contributed by atoms with Crippen LogP contribution in [-0.4, -0.2) is 77.9 Å². The number of halogens is 1.